The molecule has 0 unspecified atom stereocenters. The number of benzene rings is 1. The highest BCUT2D eigenvalue weighted by Crippen LogP contribution is 2.19. The van der Waals surface area contributed by atoms with Gasteiger partial charge in [0.05, 0.1) is 11.1 Å². The maximum atomic E-state index is 12.4. The van der Waals surface area contributed by atoms with Gasteiger partial charge in [0.2, 0.25) is 0 Å². The molecule has 0 aliphatic rings. The molecule has 0 atom stereocenters. The van der Waals surface area contributed by atoms with Gasteiger partial charge in [-0.2, -0.15) is 0 Å². The number of rotatable bonds is 4. The molecule has 3 aromatic rings. The van der Waals surface area contributed by atoms with Gasteiger partial charge in [-0.1, -0.05) is 12.1 Å². The molecule has 0 bridgehead atoms. The summed E-state index contributed by atoms with van der Waals surface area (Å²) in [6, 6.07) is 9.99. The summed E-state index contributed by atoms with van der Waals surface area (Å²) in [4.78, 5) is 23.8. The van der Waals surface area contributed by atoms with Crippen molar-refractivity contribution in [1.82, 2.24) is 15.0 Å². The number of H-pyrrole nitrogens is 1. The fraction of sp³-hybridized carbons (Fsp3) is 0.118. The molecule has 7 nitrogen and oxygen atoms in total. The number of amides is 1. The van der Waals surface area contributed by atoms with E-state index < -0.39 is 15.7 Å². The van der Waals surface area contributed by atoms with E-state index in [1.165, 1.54) is 12.3 Å². The summed E-state index contributed by atoms with van der Waals surface area (Å²) in [6.07, 6.45) is 4.24. The van der Waals surface area contributed by atoms with E-state index in [2.05, 4.69) is 20.3 Å². The Hall–Kier alpha value is -3.00. The Balaban J connectivity index is 1.83. The predicted octanol–water partition coefficient (Wildman–Crippen LogP) is 2.44. The number of nitrogens with zero attached hydrogens (tertiary/aromatic N) is 2. The molecular weight excluding hydrogens is 340 g/mol. The zero-order valence-corrected chi connectivity index (χ0v) is 14.5. The molecule has 0 aliphatic heterocycles. The van der Waals surface area contributed by atoms with Crippen molar-refractivity contribution in [3.63, 3.8) is 0 Å². The number of sulfone groups is 1. The summed E-state index contributed by atoms with van der Waals surface area (Å²) in [7, 11) is -3.40. The van der Waals surface area contributed by atoms with Crippen molar-refractivity contribution in [3.8, 4) is 11.5 Å². The number of hydrogen-bond donors (Lipinski definition) is 2. The molecule has 2 aromatic heterocycles. The number of anilines is 1. The van der Waals surface area contributed by atoms with Gasteiger partial charge in [0.15, 0.2) is 15.7 Å². The largest absolute Gasteiger partial charge is 0.323 e. The Morgan fingerprint density at radius 1 is 1.16 bits per heavy atom. The highest BCUT2D eigenvalue weighted by atomic mass is 32.2. The minimum atomic E-state index is -3.40. The molecule has 0 radical (unpaired) electrons. The Labute approximate surface area is 145 Å². The van der Waals surface area contributed by atoms with Crippen LogP contribution in [0.1, 0.15) is 15.9 Å². The number of hydrogen-bond acceptors (Lipinski definition) is 5. The fourth-order valence-corrected chi connectivity index (χ4v) is 3.35. The number of aryl methyl sites for hydroxylation is 1. The summed E-state index contributed by atoms with van der Waals surface area (Å²) in [5, 5.41) is 2.67. The van der Waals surface area contributed by atoms with Gasteiger partial charge in [0.25, 0.3) is 5.91 Å². The third-order valence-corrected chi connectivity index (χ3v) is 4.82. The van der Waals surface area contributed by atoms with Crippen LogP contribution in [0.5, 0.6) is 0 Å². The van der Waals surface area contributed by atoms with Crippen LogP contribution in [0.4, 0.5) is 5.82 Å². The second-order valence-electron chi connectivity index (χ2n) is 5.57. The number of pyridine rings is 1. The fourth-order valence-electron chi connectivity index (χ4n) is 2.35. The van der Waals surface area contributed by atoms with E-state index in [-0.39, 0.29) is 10.5 Å². The zero-order valence-electron chi connectivity index (χ0n) is 13.6. The van der Waals surface area contributed by atoms with Gasteiger partial charge in [-0.05, 0) is 36.8 Å². The summed E-state index contributed by atoms with van der Waals surface area (Å²) in [6.45, 7) is 1.69. The van der Waals surface area contributed by atoms with Crippen molar-refractivity contribution in [2.75, 3.05) is 11.6 Å². The molecule has 25 heavy (non-hydrogen) atoms. The van der Waals surface area contributed by atoms with E-state index in [0.717, 1.165) is 6.26 Å². The first kappa shape index (κ1) is 16.8. The molecule has 0 saturated heterocycles. The number of aromatic nitrogens is 3. The molecule has 0 spiro atoms. The Morgan fingerprint density at radius 2 is 1.96 bits per heavy atom. The van der Waals surface area contributed by atoms with Crippen molar-refractivity contribution in [3.05, 3.63) is 59.9 Å². The van der Waals surface area contributed by atoms with Gasteiger partial charge < -0.3 is 10.3 Å². The van der Waals surface area contributed by atoms with Crippen molar-refractivity contribution < 1.29 is 13.2 Å². The summed E-state index contributed by atoms with van der Waals surface area (Å²) in [5.41, 5.74) is 1.50. The number of carbonyl (C=O) groups excluding carboxylic acids is 1. The van der Waals surface area contributed by atoms with E-state index in [1.807, 2.05) is 6.07 Å². The van der Waals surface area contributed by atoms with Gasteiger partial charge in [0.1, 0.15) is 11.5 Å². The van der Waals surface area contributed by atoms with Crippen LogP contribution in [0.15, 0.2) is 53.7 Å². The van der Waals surface area contributed by atoms with Crippen LogP contribution in [0, 0.1) is 6.92 Å². The smallest absolute Gasteiger partial charge is 0.256 e. The summed E-state index contributed by atoms with van der Waals surface area (Å²) in [5.74, 6) is 0.491. The normalized spacial score (nSPS) is 11.3. The monoisotopic (exact) mass is 356 g/mol. The van der Waals surface area contributed by atoms with Crippen molar-refractivity contribution in [1.29, 1.82) is 0 Å². The molecule has 3 rings (SSSR count). The van der Waals surface area contributed by atoms with Gasteiger partial charge in [-0.25, -0.2) is 13.4 Å². The Morgan fingerprint density at radius 3 is 2.64 bits per heavy atom. The molecular formula is C17H16N4O3S. The van der Waals surface area contributed by atoms with Gasteiger partial charge in [0, 0.05) is 18.0 Å². The average Bonchev–Trinajstić information content (AvgIpc) is 3.03. The van der Waals surface area contributed by atoms with Crippen molar-refractivity contribution >= 4 is 21.6 Å². The number of carbonyl (C=O) groups is 1. The standard InChI is InChI=1S/C17H16N4O3S/c1-11-6-7-12(9-14(11)25(2,23)24)17(22)21-15-10-19-16(20-15)13-5-3-4-8-18-13/h3-10H,1-2H3,(H,19,20)(H,21,22). The number of imidazole rings is 1. The molecule has 0 fully saturated rings. The lowest BCUT2D eigenvalue weighted by Gasteiger charge is -2.07. The number of nitrogens with one attached hydrogen (secondary N) is 2. The maximum Gasteiger partial charge on any atom is 0.256 e. The molecule has 1 aromatic carbocycles. The molecule has 8 heteroatoms. The second-order valence-corrected chi connectivity index (χ2v) is 7.55. The highest BCUT2D eigenvalue weighted by molar-refractivity contribution is 7.90. The first-order chi connectivity index (χ1) is 11.8. The van der Waals surface area contributed by atoms with Crippen molar-refractivity contribution in [2.45, 2.75) is 11.8 Å². The molecule has 2 N–H and O–H groups in total. The lowest BCUT2D eigenvalue weighted by molar-refractivity contribution is 0.102. The summed E-state index contributed by atoms with van der Waals surface area (Å²) < 4.78 is 23.6. The zero-order chi connectivity index (χ0) is 18.0. The van der Waals surface area contributed by atoms with Crippen LogP contribution in [0.2, 0.25) is 0 Å². The number of aromatic amines is 1. The summed E-state index contributed by atoms with van der Waals surface area (Å²) >= 11 is 0. The molecule has 0 aliphatic carbocycles. The van der Waals surface area contributed by atoms with E-state index in [0.29, 0.717) is 22.9 Å². The molecule has 128 valence electrons. The van der Waals surface area contributed by atoms with Crippen molar-refractivity contribution in [2.24, 2.45) is 0 Å². The topological polar surface area (TPSA) is 105 Å². The minimum Gasteiger partial charge on any atom is -0.323 e. The van der Waals surface area contributed by atoms with Crippen LogP contribution >= 0.6 is 0 Å². The molecule has 1 amide bonds. The molecule has 0 saturated carbocycles. The first-order valence-electron chi connectivity index (χ1n) is 7.43. The third kappa shape index (κ3) is 3.74. The maximum absolute atomic E-state index is 12.4. The van der Waals surface area contributed by atoms with E-state index in [4.69, 9.17) is 0 Å². The molecule has 2 heterocycles. The second kappa shape index (κ2) is 6.48. The van der Waals surface area contributed by atoms with E-state index in [9.17, 15) is 13.2 Å². The van der Waals surface area contributed by atoms with Crippen LogP contribution in [0.25, 0.3) is 11.5 Å². The van der Waals surface area contributed by atoms with E-state index in [1.54, 1.807) is 37.4 Å². The Kier molecular flexibility index (Phi) is 4.37. The minimum absolute atomic E-state index is 0.138. The van der Waals surface area contributed by atoms with Gasteiger partial charge in [-0.3, -0.25) is 9.78 Å². The average molecular weight is 356 g/mol. The van der Waals surface area contributed by atoms with Crippen LogP contribution in [-0.4, -0.2) is 35.5 Å². The van der Waals surface area contributed by atoms with Gasteiger partial charge >= 0.3 is 0 Å². The van der Waals surface area contributed by atoms with Gasteiger partial charge in [-0.15, -0.1) is 0 Å². The van der Waals surface area contributed by atoms with E-state index >= 15 is 0 Å². The highest BCUT2D eigenvalue weighted by Gasteiger charge is 2.15. The third-order valence-electron chi connectivity index (χ3n) is 3.58. The van der Waals surface area contributed by atoms with Crippen LogP contribution in [-0.2, 0) is 9.84 Å². The lowest BCUT2D eigenvalue weighted by Crippen LogP contribution is -2.13. The van der Waals surface area contributed by atoms with Crippen LogP contribution < -0.4 is 5.32 Å². The lowest BCUT2D eigenvalue weighted by atomic mass is 10.1. The quantitative estimate of drug-likeness (QED) is 0.747. The predicted molar refractivity (Wildman–Crippen MR) is 94.1 cm³/mol. The van der Waals surface area contributed by atoms with Crippen LogP contribution in [0.3, 0.4) is 0 Å². The SMILES string of the molecule is Cc1ccc(C(=O)Nc2cnc(-c3ccccn3)[nH]2)cc1S(C)(=O)=O. The Bertz CT molecular complexity index is 1030. The first-order valence-corrected chi connectivity index (χ1v) is 9.32.